The molecule has 0 aliphatic heterocycles. The van der Waals surface area contributed by atoms with Crippen molar-refractivity contribution in [3.8, 4) is 0 Å². The number of rotatable bonds is 7. The maximum absolute atomic E-state index is 12.4. The molecule has 1 atom stereocenters. The molecule has 3 rings (SSSR count). The number of nitrogens with zero attached hydrogens (tertiary/aromatic N) is 1. The zero-order valence-electron chi connectivity index (χ0n) is 15.8. The van der Waals surface area contributed by atoms with Gasteiger partial charge in [0, 0.05) is 13.0 Å². The SMILES string of the molecule is CC(C)C(NC(=O)CCNC(=O)c1ccccc1Cl)c1nc2ccccc2[nH]1. The summed E-state index contributed by atoms with van der Waals surface area (Å²) in [5.41, 5.74) is 2.20. The minimum absolute atomic E-state index is 0.154. The van der Waals surface area contributed by atoms with E-state index < -0.39 is 0 Å². The van der Waals surface area contributed by atoms with Crippen molar-refractivity contribution in [1.29, 1.82) is 0 Å². The Hall–Kier alpha value is -2.86. The number of amides is 2. The van der Waals surface area contributed by atoms with Crippen molar-refractivity contribution in [2.75, 3.05) is 6.54 Å². The van der Waals surface area contributed by atoms with Crippen molar-refractivity contribution in [1.82, 2.24) is 20.6 Å². The fourth-order valence-electron chi connectivity index (χ4n) is 2.95. The monoisotopic (exact) mass is 398 g/mol. The van der Waals surface area contributed by atoms with Gasteiger partial charge in [-0.15, -0.1) is 0 Å². The third-order valence-electron chi connectivity index (χ3n) is 4.44. The molecular weight excluding hydrogens is 376 g/mol. The van der Waals surface area contributed by atoms with Crippen LogP contribution in [0, 0.1) is 5.92 Å². The lowest BCUT2D eigenvalue weighted by Gasteiger charge is -2.20. The maximum Gasteiger partial charge on any atom is 0.252 e. The highest BCUT2D eigenvalue weighted by atomic mass is 35.5. The molecule has 2 amide bonds. The Kier molecular flexibility index (Phi) is 6.31. The molecule has 1 unspecified atom stereocenters. The fourth-order valence-corrected chi connectivity index (χ4v) is 3.17. The van der Waals surface area contributed by atoms with Gasteiger partial charge in [0.15, 0.2) is 0 Å². The summed E-state index contributed by atoms with van der Waals surface area (Å²) in [4.78, 5) is 32.4. The second kappa shape index (κ2) is 8.89. The van der Waals surface area contributed by atoms with Gasteiger partial charge in [0.25, 0.3) is 5.91 Å². The molecule has 0 radical (unpaired) electrons. The van der Waals surface area contributed by atoms with Gasteiger partial charge in [-0.3, -0.25) is 9.59 Å². The first-order valence-electron chi connectivity index (χ1n) is 9.22. The van der Waals surface area contributed by atoms with E-state index in [0.717, 1.165) is 16.9 Å². The first kappa shape index (κ1) is 19.9. The van der Waals surface area contributed by atoms with Crippen LogP contribution in [0.25, 0.3) is 11.0 Å². The molecule has 146 valence electrons. The molecule has 7 heteroatoms. The Morgan fingerprint density at radius 3 is 2.54 bits per heavy atom. The molecule has 3 aromatic rings. The van der Waals surface area contributed by atoms with Gasteiger partial charge in [-0.05, 0) is 30.2 Å². The van der Waals surface area contributed by atoms with E-state index in [0.29, 0.717) is 10.6 Å². The lowest BCUT2D eigenvalue weighted by molar-refractivity contribution is -0.122. The van der Waals surface area contributed by atoms with Gasteiger partial charge in [-0.2, -0.15) is 0 Å². The highest BCUT2D eigenvalue weighted by Crippen LogP contribution is 2.22. The van der Waals surface area contributed by atoms with Crippen molar-refractivity contribution < 1.29 is 9.59 Å². The second-order valence-corrected chi connectivity index (χ2v) is 7.32. The molecule has 0 aliphatic rings. The normalized spacial score (nSPS) is 12.1. The van der Waals surface area contributed by atoms with E-state index in [2.05, 4.69) is 20.6 Å². The Bertz CT molecular complexity index is 950. The molecule has 2 aromatic carbocycles. The van der Waals surface area contributed by atoms with E-state index in [9.17, 15) is 9.59 Å². The third kappa shape index (κ3) is 4.70. The van der Waals surface area contributed by atoms with Crippen LogP contribution in [0.4, 0.5) is 0 Å². The first-order valence-corrected chi connectivity index (χ1v) is 9.60. The standard InChI is InChI=1S/C21H23ClN4O2/c1-13(2)19(20-24-16-9-5-6-10-17(16)25-20)26-18(27)11-12-23-21(28)14-7-3-4-8-15(14)22/h3-10,13,19H,11-12H2,1-2H3,(H,23,28)(H,24,25)(H,26,27). The molecule has 28 heavy (non-hydrogen) atoms. The minimum Gasteiger partial charge on any atom is -0.351 e. The average Bonchev–Trinajstić information content (AvgIpc) is 3.09. The first-order chi connectivity index (χ1) is 13.5. The second-order valence-electron chi connectivity index (χ2n) is 6.91. The van der Waals surface area contributed by atoms with Gasteiger partial charge in [-0.25, -0.2) is 4.98 Å². The molecule has 0 spiro atoms. The fraction of sp³-hybridized carbons (Fsp3) is 0.286. The molecule has 1 aromatic heterocycles. The molecular formula is C21H23ClN4O2. The van der Waals surface area contributed by atoms with E-state index in [1.54, 1.807) is 24.3 Å². The number of benzene rings is 2. The molecule has 3 N–H and O–H groups in total. The summed E-state index contributed by atoms with van der Waals surface area (Å²) in [5, 5.41) is 6.12. The lowest BCUT2D eigenvalue weighted by Crippen LogP contribution is -2.35. The number of fused-ring (bicyclic) bond motifs is 1. The number of aromatic nitrogens is 2. The number of hydrogen-bond acceptors (Lipinski definition) is 3. The van der Waals surface area contributed by atoms with Crippen LogP contribution in [-0.2, 0) is 4.79 Å². The zero-order chi connectivity index (χ0) is 20.1. The summed E-state index contributed by atoms with van der Waals surface area (Å²) in [6, 6.07) is 14.3. The highest BCUT2D eigenvalue weighted by Gasteiger charge is 2.21. The predicted octanol–water partition coefficient (Wildman–Crippen LogP) is 3.85. The van der Waals surface area contributed by atoms with Crippen molar-refractivity contribution >= 4 is 34.4 Å². The quantitative estimate of drug-likeness (QED) is 0.565. The Morgan fingerprint density at radius 1 is 1.11 bits per heavy atom. The van der Waals surface area contributed by atoms with Crippen molar-refractivity contribution in [2.24, 2.45) is 5.92 Å². The predicted molar refractivity (Wildman–Crippen MR) is 110 cm³/mol. The maximum atomic E-state index is 12.4. The summed E-state index contributed by atoms with van der Waals surface area (Å²) in [6.07, 6.45) is 0.166. The van der Waals surface area contributed by atoms with E-state index >= 15 is 0 Å². The Morgan fingerprint density at radius 2 is 1.82 bits per heavy atom. The number of aromatic amines is 1. The lowest BCUT2D eigenvalue weighted by atomic mass is 10.0. The number of H-pyrrole nitrogens is 1. The topological polar surface area (TPSA) is 86.9 Å². The van der Waals surface area contributed by atoms with Crippen LogP contribution in [-0.4, -0.2) is 28.3 Å². The number of imidazole rings is 1. The number of hydrogen-bond donors (Lipinski definition) is 3. The van der Waals surface area contributed by atoms with Crippen molar-refractivity contribution in [2.45, 2.75) is 26.3 Å². The molecule has 6 nitrogen and oxygen atoms in total. The number of para-hydroxylation sites is 2. The molecule has 0 saturated heterocycles. The molecule has 0 aliphatic carbocycles. The molecule has 0 bridgehead atoms. The van der Waals surface area contributed by atoms with Crippen LogP contribution in [0.15, 0.2) is 48.5 Å². The number of carbonyl (C=O) groups excluding carboxylic acids is 2. The number of halogens is 1. The highest BCUT2D eigenvalue weighted by molar-refractivity contribution is 6.33. The van der Waals surface area contributed by atoms with Gasteiger partial charge in [0.1, 0.15) is 5.82 Å². The van der Waals surface area contributed by atoms with Gasteiger partial charge in [-0.1, -0.05) is 49.7 Å². The third-order valence-corrected chi connectivity index (χ3v) is 4.77. The van der Waals surface area contributed by atoms with Crippen LogP contribution < -0.4 is 10.6 Å². The van der Waals surface area contributed by atoms with E-state index in [1.165, 1.54) is 0 Å². The Balaban J connectivity index is 1.57. The van der Waals surface area contributed by atoms with Crippen LogP contribution in [0.1, 0.15) is 42.5 Å². The van der Waals surface area contributed by atoms with E-state index in [-0.39, 0.29) is 36.7 Å². The van der Waals surface area contributed by atoms with Crippen LogP contribution in [0.2, 0.25) is 5.02 Å². The largest absolute Gasteiger partial charge is 0.351 e. The molecule has 0 saturated carbocycles. The summed E-state index contributed by atoms with van der Waals surface area (Å²) in [5.74, 6) is 0.432. The summed E-state index contributed by atoms with van der Waals surface area (Å²) in [7, 11) is 0. The Labute approximate surface area is 168 Å². The van der Waals surface area contributed by atoms with Gasteiger partial charge >= 0.3 is 0 Å². The van der Waals surface area contributed by atoms with Gasteiger partial charge in [0.2, 0.25) is 5.91 Å². The van der Waals surface area contributed by atoms with Crippen LogP contribution >= 0.6 is 11.6 Å². The smallest absolute Gasteiger partial charge is 0.252 e. The molecule has 1 heterocycles. The summed E-state index contributed by atoms with van der Waals surface area (Å²) in [6.45, 7) is 4.27. The minimum atomic E-state index is -0.295. The summed E-state index contributed by atoms with van der Waals surface area (Å²) < 4.78 is 0. The zero-order valence-corrected chi connectivity index (χ0v) is 16.6. The van der Waals surface area contributed by atoms with Gasteiger partial charge in [0.05, 0.1) is 27.7 Å². The number of nitrogens with one attached hydrogen (secondary N) is 3. The van der Waals surface area contributed by atoms with E-state index in [1.807, 2.05) is 38.1 Å². The summed E-state index contributed by atoms with van der Waals surface area (Å²) >= 11 is 6.02. The average molecular weight is 399 g/mol. The molecule has 0 fully saturated rings. The van der Waals surface area contributed by atoms with Crippen LogP contribution in [0.3, 0.4) is 0 Å². The number of carbonyl (C=O) groups is 2. The van der Waals surface area contributed by atoms with Crippen molar-refractivity contribution in [3.63, 3.8) is 0 Å². The van der Waals surface area contributed by atoms with Crippen LogP contribution in [0.5, 0.6) is 0 Å². The van der Waals surface area contributed by atoms with Gasteiger partial charge < -0.3 is 15.6 Å². The van der Waals surface area contributed by atoms with Crippen molar-refractivity contribution in [3.05, 3.63) is 64.9 Å². The van der Waals surface area contributed by atoms with E-state index in [4.69, 9.17) is 11.6 Å².